The number of phenols is 2. The molecular weight excluding hydrogens is 612 g/mol. The molecule has 0 heterocycles. The van der Waals surface area contributed by atoms with Gasteiger partial charge in [-0.15, -0.1) is 0 Å². The van der Waals surface area contributed by atoms with Crippen LogP contribution < -0.4 is 17.2 Å². The average molecular weight is 632 g/mol. The molecule has 0 saturated heterocycles. The van der Waals surface area contributed by atoms with Crippen LogP contribution in [0, 0.1) is 60.7 Å². The zero-order valence-corrected chi connectivity index (χ0v) is 21.5. The first-order chi connectivity index (χ1) is 20.2. The van der Waals surface area contributed by atoms with Gasteiger partial charge in [-0.25, -0.2) is 0 Å². The molecule has 26 nitrogen and oxygen atoms in total. The molecular formula is C18H20N10O16. The number of rotatable bonds is 11. The fourth-order valence-electron chi connectivity index (χ4n) is 2.59. The minimum absolute atomic E-state index is 0.0129. The molecule has 2 rings (SSSR count). The van der Waals surface area contributed by atoms with Crippen LogP contribution >= 0.6 is 0 Å². The maximum atomic E-state index is 10.4. The van der Waals surface area contributed by atoms with E-state index in [9.17, 15) is 65.5 Å². The monoisotopic (exact) mass is 632 g/mol. The quantitative estimate of drug-likeness (QED) is 0.0651. The van der Waals surface area contributed by atoms with Crippen molar-refractivity contribution in [1.29, 1.82) is 0 Å². The van der Waals surface area contributed by atoms with Crippen LogP contribution in [0.3, 0.4) is 0 Å². The van der Waals surface area contributed by atoms with Crippen molar-refractivity contribution in [2.75, 3.05) is 6.54 Å². The predicted octanol–water partition coefficient (Wildman–Crippen LogP) is 0.686. The summed E-state index contributed by atoms with van der Waals surface area (Å²) in [4.78, 5) is 69.4. The number of aliphatic carboxylic acids is 1. The summed E-state index contributed by atoms with van der Waals surface area (Å²) in [5.41, 5.74) is 9.32. The Kier molecular flexibility index (Phi) is 13.9. The van der Waals surface area contributed by atoms with Crippen molar-refractivity contribution >= 4 is 46.1 Å². The molecule has 0 radical (unpaired) electrons. The molecule has 0 unspecified atom stereocenters. The minimum Gasteiger partial charge on any atom is -0.497 e. The number of carboxylic acids is 1. The number of hydrogen-bond acceptors (Lipinski definition) is 17. The van der Waals surface area contributed by atoms with Gasteiger partial charge in [0, 0.05) is 6.54 Å². The summed E-state index contributed by atoms with van der Waals surface area (Å²) in [6.45, 7) is 0.420. The third kappa shape index (κ3) is 11.3. The predicted molar refractivity (Wildman–Crippen MR) is 142 cm³/mol. The highest BCUT2D eigenvalue weighted by Crippen LogP contribution is 2.40. The molecule has 238 valence electrons. The number of aliphatic imine (C=N–C) groups is 1. The van der Waals surface area contributed by atoms with Crippen molar-refractivity contribution in [3.05, 3.63) is 85.0 Å². The standard InChI is InChI=1S/C6H14N4O2.2C6H3N3O7/c7-4(5(11)12)2-1-3-10-6(8)9;2*10-6-4(8(13)14)1-3(7(11)12)2-5(6)9(15)16/h4H,1-3,7H2,(H,11,12)(H4,8,9,10);2*1-2,10H/t4-;;/m0../s1. The number of nitrogens with two attached hydrogens (primary N) is 3. The maximum absolute atomic E-state index is 10.4. The van der Waals surface area contributed by atoms with Crippen LogP contribution in [-0.4, -0.2) is 69.4 Å². The van der Waals surface area contributed by atoms with E-state index in [0.717, 1.165) is 0 Å². The molecule has 0 fully saturated rings. The van der Waals surface area contributed by atoms with Gasteiger partial charge in [-0.3, -0.25) is 70.5 Å². The van der Waals surface area contributed by atoms with Gasteiger partial charge in [-0.05, 0) is 12.8 Å². The van der Waals surface area contributed by atoms with E-state index in [1.165, 1.54) is 0 Å². The molecule has 0 bridgehead atoms. The number of nitrogens with zero attached hydrogens (tertiary/aromatic N) is 7. The number of non-ortho nitro benzene ring substituents is 2. The third-order valence-electron chi connectivity index (χ3n) is 4.60. The lowest BCUT2D eigenvalue weighted by Gasteiger charge is -2.03. The number of nitro groups is 6. The molecule has 2 aromatic carbocycles. The Morgan fingerprint density at radius 3 is 1.18 bits per heavy atom. The third-order valence-corrected chi connectivity index (χ3v) is 4.60. The Morgan fingerprint density at radius 2 is 0.977 bits per heavy atom. The van der Waals surface area contributed by atoms with Crippen LogP contribution in [0.2, 0.25) is 0 Å². The molecule has 0 amide bonds. The molecule has 0 aliphatic heterocycles. The summed E-state index contributed by atoms with van der Waals surface area (Å²) >= 11 is 0. The lowest BCUT2D eigenvalue weighted by Crippen LogP contribution is -2.30. The fraction of sp³-hybridized carbons (Fsp3) is 0.222. The summed E-state index contributed by atoms with van der Waals surface area (Å²) in [6, 6.07) is 0.967. The second-order valence-corrected chi connectivity index (χ2v) is 7.60. The number of carboxylic acid groups (broad SMARTS) is 1. The highest BCUT2D eigenvalue weighted by molar-refractivity contribution is 5.75. The molecule has 1 atom stereocenters. The second kappa shape index (κ2) is 16.4. The summed E-state index contributed by atoms with van der Waals surface area (Å²) in [7, 11) is 0. The van der Waals surface area contributed by atoms with Crippen LogP contribution in [-0.2, 0) is 4.79 Å². The van der Waals surface area contributed by atoms with Gasteiger partial charge in [0.05, 0.1) is 53.8 Å². The summed E-state index contributed by atoms with van der Waals surface area (Å²) in [6.07, 6.45) is 0.956. The van der Waals surface area contributed by atoms with Crippen molar-refractivity contribution < 1.29 is 49.7 Å². The number of nitro benzene ring substituents is 6. The molecule has 0 aliphatic carbocycles. The molecule has 0 aromatic heterocycles. The van der Waals surface area contributed by atoms with E-state index in [1.54, 1.807) is 0 Å². The molecule has 9 N–H and O–H groups in total. The van der Waals surface area contributed by atoms with Crippen LogP contribution in [0.1, 0.15) is 12.8 Å². The zero-order chi connectivity index (χ0) is 34.5. The van der Waals surface area contributed by atoms with Crippen LogP contribution in [0.25, 0.3) is 0 Å². The molecule has 0 spiro atoms. The first-order valence-electron chi connectivity index (χ1n) is 10.9. The van der Waals surface area contributed by atoms with Crippen LogP contribution in [0.4, 0.5) is 34.1 Å². The lowest BCUT2D eigenvalue weighted by molar-refractivity contribution is -0.404. The van der Waals surface area contributed by atoms with Crippen molar-refractivity contribution in [3.8, 4) is 11.5 Å². The van der Waals surface area contributed by atoms with Gasteiger partial charge in [-0.2, -0.15) is 0 Å². The number of carbonyl (C=O) groups is 1. The lowest BCUT2D eigenvalue weighted by atomic mass is 10.2. The second-order valence-electron chi connectivity index (χ2n) is 7.60. The van der Waals surface area contributed by atoms with E-state index in [4.69, 9.17) is 32.5 Å². The number of aromatic hydroxyl groups is 2. The van der Waals surface area contributed by atoms with Gasteiger partial charge < -0.3 is 32.5 Å². The smallest absolute Gasteiger partial charge is 0.324 e. The average Bonchev–Trinajstić information content (AvgIpc) is 2.90. The number of guanidine groups is 1. The van der Waals surface area contributed by atoms with Gasteiger partial charge in [0.2, 0.25) is 0 Å². The Labute approximate surface area is 240 Å². The largest absolute Gasteiger partial charge is 0.497 e. The SMILES string of the molecule is NC(N)=NCCC[C@H](N)C(=O)O.O=[N+]([O-])c1cc([N+](=O)[O-])c(O)c([N+](=O)[O-])c1.O=[N+]([O-])c1cc([N+](=O)[O-])c(O)c([N+](=O)[O-])c1. The Hall–Kier alpha value is -6.86. The molecule has 2 aromatic rings. The molecule has 44 heavy (non-hydrogen) atoms. The Balaban J connectivity index is 0.000000639. The highest BCUT2D eigenvalue weighted by Gasteiger charge is 2.31. The van der Waals surface area contributed by atoms with E-state index < -0.39 is 87.2 Å². The Morgan fingerprint density at radius 1 is 0.682 bits per heavy atom. The normalized spacial score (nSPS) is 10.4. The topological polar surface area (TPSA) is 427 Å². The molecule has 0 aliphatic rings. The van der Waals surface area contributed by atoms with Crippen LogP contribution in [0.15, 0.2) is 29.3 Å². The Bertz CT molecular complexity index is 1350. The van der Waals surface area contributed by atoms with Crippen LogP contribution in [0.5, 0.6) is 11.5 Å². The van der Waals surface area contributed by atoms with Crippen molar-refractivity contribution in [3.63, 3.8) is 0 Å². The van der Waals surface area contributed by atoms with Crippen molar-refractivity contribution in [1.82, 2.24) is 0 Å². The van der Waals surface area contributed by atoms with Gasteiger partial charge >= 0.3 is 28.7 Å². The maximum Gasteiger partial charge on any atom is 0.324 e. The number of benzene rings is 2. The van der Waals surface area contributed by atoms with Gasteiger partial charge in [0.15, 0.2) is 5.96 Å². The van der Waals surface area contributed by atoms with E-state index in [1.807, 2.05) is 0 Å². The number of phenolic OH excluding ortho intramolecular Hbond substituents is 2. The summed E-state index contributed by atoms with van der Waals surface area (Å²) < 4.78 is 0. The summed E-state index contributed by atoms with van der Waals surface area (Å²) in [5.74, 6) is -3.40. The van der Waals surface area contributed by atoms with Gasteiger partial charge in [-0.1, -0.05) is 0 Å². The van der Waals surface area contributed by atoms with Gasteiger partial charge in [0.25, 0.3) is 22.9 Å². The molecule has 26 heteroatoms. The fourth-order valence-corrected chi connectivity index (χ4v) is 2.59. The van der Waals surface area contributed by atoms with E-state index in [2.05, 4.69) is 4.99 Å². The zero-order valence-electron chi connectivity index (χ0n) is 21.5. The first-order valence-corrected chi connectivity index (χ1v) is 10.9. The number of hydrogen-bond donors (Lipinski definition) is 6. The van der Waals surface area contributed by atoms with E-state index in [0.29, 0.717) is 43.7 Å². The molecule has 0 saturated carbocycles. The first kappa shape index (κ1) is 37.1. The van der Waals surface area contributed by atoms with E-state index in [-0.39, 0.29) is 5.96 Å². The van der Waals surface area contributed by atoms with Crippen molar-refractivity contribution in [2.45, 2.75) is 18.9 Å². The van der Waals surface area contributed by atoms with E-state index >= 15 is 0 Å². The highest BCUT2D eigenvalue weighted by atomic mass is 16.7. The summed E-state index contributed by atoms with van der Waals surface area (Å²) in [5, 5.41) is 88.8. The minimum atomic E-state index is -1.21. The van der Waals surface area contributed by atoms with Crippen molar-refractivity contribution in [2.24, 2.45) is 22.2 Å². The van der Waals surface area contributed by atoms with Gasteiger partial charge in [0.1, 0.15) is 6.04 Å².